The average molecular weight is 282 g/mol. The Hall–Kier alpha value is -2.56. The molecule has 0 atom stereocenters. The van der Waals surface area contributed by atoms with Crippen molar-refractivity contribution in [3.05, 3.63) is 48.2 Å². The molecule has 0 saturated carbocycles. The van der Waals surface area contributed by atoms with Crippen LogP contribution in [0.2, 0.25) is 0 Å². The molecule has 2 aromatic rings. The summed E-state index contributed by atoms with van der Waals surface area (Å²) in [6.45, 7) is 1.49. The Balaban J connectivity index is 2.01. The van der Waals surface area contributed by atoms with Crippen molar-refractivity contribution in [1.82, 2.24) is 4.98 Å². The number of anilines is 3. The highest BCUT2D eigenvalue weighted by molar-refractivity contribution is 6.10. The number of hydrogen-bond acceptors (Lipinski definition) is 4. The summed E-state index contributed by atoms with van der Waals surface area (Å²) in [5.41, 5.74) is 2.62. The molecule has 3 rings (SSSR count). The molecule has 1 amide bonds. The highest BCUT2D eigenvalue weighted by Gasteiger charge is 2.27. The molecule has 0 spiro atoms. The van der Waals surface area contributed by atoms with Gasteiger partial charge in [-0.05, 0) is 24.3 Å². The van der Waals surface area contributed by atoms with Crippen LogP contribution in [0, 0.1) is 0 Å². The first-order valence-electron chi connectivity index (χ1n) is 6.97. The topological polar surface area (TPSA) is 48.5 Å². The molecule has 0 radical (unpaired) electrons. The van der Waals surface area contributed by atoms with Gasteiger partial charge in [-0.3, -0.25) is 4.79 Å². The zero-order valence-corrected chi connectivity index (χ0v) is 12.2. The van der Waals surface area contributed by atoms with Gasteiger partial charge in [0.2, 0.25) is 0 Å². The molecule has 21 heavy (non-hydrogen) atoms. The predicted molar refractivity (Wildman–Crippen MR) is 85.2 cm³/mol. The van der Waals surface area contributed by atoms with Crippen molar-refractivity contribution in [1.29, 1.82) is 0 Å². The van der Waals surface area contributed by atoms with Crippen LogP contribution in [0.25, 0.3) is 0 Å². The molecule has 0 unspecified atom stereocenters. The zero-order valence-electron chi connectivity index (χ0n) is 12.2. The lowest BCUT2D eigenvalue weighted by atomic mass is 10.1. The van der Waals surface area contributed by atoms with E-state index in [1.165, 1.54) is 0 Å². The molecule has 0 bridgehead atoms. The van der Waals surface area contributed by atoms with Gasteiger partial charge in [0.1, 0.15) is 5.82 Å². The van der Waals surface area contributed by atoms with E-state index in [1.807, 2.05) is 42.3 Å². The number of likely N-dealkylation sites (N-methyl/N-ethyl adjacent to an activating group) is 1. The number of rotatable bonds is 2. The number of fused-ring (bicyclic) bond motifs is 1. The van der Waals surface area contributed by atoms with Crippen molar-refractivity contribution in [3.8, 4) is 0 Å². The molecule has 0 saturated heterocycles. The number of nitrogens with zero attached hydrogens (tertiary/aromatic N) is 3. The molecule has 0 fully saturated rings. The fraction of sp³-hybridized carbons (Fsp3) is 0.250. The summed E-state index contributed by atoms with van der Waals surface area (Å²) in [5.74, 6) is 0.590. The number of nitrogens with one attached hydrogen (secondary N) is 1. The van der Waals surface area contributed by atoms with Gasteiger partial charge in [-0.15, -0.1) is 0 Å². The molecular weight excluding hydrogens is 264 g/mol. The van der Waals surface area contributed by atoms with Crippen molar-refractivity contribution >= 4 is 23.1 Å². The maximum absolute atomic E-state index is 12.9. The van der Waals surface area contributed by atoms with Gasteiger partial charge in [-0.1, -0.05) is 12.1 Å². The fourth-order valence-electron chi connectivity index (χ4n) is 2.64. The minimum absolute atomic E-state index is 0.0204. The monoisotopic (exact) mass is 282 g/mol. The molecule has 1 aromatic carbocycles. The highest BCUT2D eigenvalue weighted by Crippen LogP contribution is 2.33. The van der Waals surface area contributed by atoms with Crippen molar-refractivity contribution in [3.63, 3.8) is 0 Å². The quantitative estimate of drug-likeness (QED) is 0.917. The van der Waals surface area contributed by atoms with E-state index in [4.69, 9.17) is 0 Å². The van der Waals surface area contributed by atoms with E-state index in [-0.39, 0.29) is 5.91 Å². The van der Waals surface area contributed by atoms with Crippen LogP contribution < -0.4 is 15.1 Å². The van der Waals surface area contributed by atoms with E-state index in [1.54, 1.807) is 19.3 Å². The Morgan fingerprint density at radius 2 is 1.90 bits per heavy atom. The number of para-hydroxylation sites is 2. The van der Waals surface area contributed by atoms with E-state index in [0.29, 0.717) is 17.9 Å². The van der Waals surface area contributed by atoms with Gasteiger partial charge in [-0.25, -0.2) is 4.98 Å². The molecular formula is C16H18N4O. The third kappa shape index (κ3) is 2.31. The maximum atomic E-state index is 12.9. The molecule has 0 aliphatic carbocycles. The van der Waals surface area contributed by atoms with Gasteiger partial charge in [0.25, 0.3) is 5.91 Å². The number of aromatic nitrogens is 1. The normalized spacial score (nSPS) is 13.8. The summed E-state index contributed by atoms with van der Waals surface area (Å²) in [7, 11) is 3.82. The van der Waals surface area contributed by atoms with Crippen LogP contribution in [0.15, 0.2) is 42.6 Å². The van der Waals surface area contributed by atoms with Crippen LogP contribution in [-0.4, -0.2) is 38.1 Å². The summed E-state index contributed by atoms with van der Waals surface area (Å²) < 4.78 is 0. The van der Waals surface area contributed by atoms with Gasteiger partial charge < -0.3 is 15.1 Å². The average Bonchev–Trinajstić information content (AvgIpc) is 2.55. The molecule has 5 nitrogen and oxygen atoms in total. The Morgan fingerprint density at radius 3 is 2.67 bits per heavy atom. The number of hydrogen-bond donors (Lipinski definition) is 1. The third-order valence-electron chi connectivity index (χ3n) is 3.76. The highest BCUT2D eigenvalue weighted by atomic mass is 16.2. The van der Waals surface area contributed by atoms with Gasteiger partial charge >= 0.3 is 0 Å². The van der Waals surface area contributed by atoms with Gasteiger partial charge in [0.15, 0.2) is 0 Å². The fourth-order valence-corrected chi connectivity index (χ4v) is 2.64. The molecule has 1 aliphatic heterocycles. The van der Waals surface area contributed by atoms with Gasteiger partial charge in [0.05, 0.1) is 16.9 Å². The predicted octanol–water partition coefficient (Wildman–Crippen LogP) is 2.22. The number of carbonyl (C=O) groups excluding carboxylic acids is 1. The first-order valence-corrected chi connectivity index (χ1v) is 6.97. The Labute approximate surface area is 124 Å². The first-order chi connectivity index (χ1) is 10.2. The Morgan fingerprint density at radius 1 is 1.14 bits per heavy atom. The van der Waals surface area contributed by atoms with Crippen molar-refractivity contribution in [2.75, 3.05) is 42.3 Å². The SMILES string of the molecule is CNc1ncccc1C(=O)N1CCN(C)c2ccccc21. The summed E-state index contributed by atoms with van der Waals surface area (Å²) in [6.07, 6.45) is 1.68. The van der Waals surface area contributed by atoms with Crippen LogP contribution in [-0.2, 0) is 0 Å². The lowest BCUT2D eigenvalue weighted by Crippen LogP contribution is -2.42. The summed E-state index contributed by atoms with van der Waals surface area (Å²) in [5, 5.41) is 2.98. The second-order valence-corrected chi connectivity index (χ2v) is 5.02. The number of pyridine rings is 1. The largest absolute Gasteiger partial charge is 0.372 e. The molecule has 1 aliphatic rings. The second-order valence-electron chi connectivity index (χ2n) is 5.02. The maximum Gasteiger partial charge on any atom is 0.262 e. The summed E-state index contributed by atoms with van der Waals surface area (Å²) in [6, 6.07) is 11.6. The van der Waals surface area contributed by atoms with Crippen LogP contribution in [0.1, 0.15) is 10.4 Å². The first kappa shape index (κ1) is 13.4. The van der Waals surface area contributed by atoms with Crippen LogP contribution in [0.4, 0.5) is 17.2 Å². The lowest BCUT2D eigenvalue weighted by molar-refractivity contribution is 0.0987. The van der Waals surface area contributed by atoms with Gasteiger partial charge in [0, 0.05) is 33.4 Å². The van der Waals surface area contributed by atoms with Crippen LogP contribution >= 0.6 is 0 Å². The number of benzene rings is 1. The number of amides is 1. The second kappa shape index (κ2) is 5.44. The van der Waals surface area contributed by atoms with Crippen molar-refractivity contribution < 1.29 is 4.79 Å². The minimum Gasteiger partial charge on any atom is -0.372 e. The van der Waals surface area contributed by atoms with Crippen LogP contribution in [0.5, 0.6) is 0 Å². The Bertz CT molecular complexity index is 671. The number of carbonyl (C=O) groups is 1. The van der Waals surface area contributed by atoms with E-state index in [2.05, 4.69) is 15.2 Å². The van der Waals surface area contributed by atoms with Gasteiger partial charge in [-0.2, -0.15) is 0 Å². The molecule has 108 valence electrons. The van der Waals surface area contributed by atoms with E-state index in [0.717, 1.165) is 17.9 Å². The van der Waals surface area contributed by atoms with E-state index < -0.39 is 0 Å². The standard InChI is InChI=1S/C16H18N4O/c1-17-15-12(6-5-9-18-15)16(21)20-11-10-19(2)13-7-3-4-8-14(13)20/h3-9H,10-11H2,1-2H3,(H,17,18). The van der Waals surface area contributed by atoms with Crippen LogP contribution in [0.3, 0.4) is 0 Å². The lowest BCUT2D eigenvalue weighted by Gasteiger charge is -2.35. The molecule has 2 heterocycles. The molecule has 1 N–H and O–H groups in total. The Kier molecular flexibility index (Phi) is 3.48. The summed E-state index contributed by atoms with van der Waals surface area (Å²) in [4.78, 5) is 21.1. The molecule has 5 heteroatoms. The molecule has 1 aromatic heterocycles. The van der Waals surface area contributed by atoms with Crippen molar-refractivity contribution in [2.24, 2.45) is 0 Å². The van der Waals surface area contributed by atoms with Crippen molar-refractivity contribution in [2.45, 2.75) is 0 Å². The minimum atomic E-state index is -0.0204. The smallest absolute Gasteiger partial charge is 0.262 e. The summed E-state index contributed by atoms with van der Waals surface area (Å²) >= 11 is 0. The van der Waals surface area contributed by atoms with E-state index >= 15 is 0 Å². The zero-order chi connectivity index (χ0) is 14.8. The third-order valence-corrected chi connectivity index (χ3v) is 3.76. The van der Waals surface area contributed by atoms with E-state index in [9.17, 15) is 4.79 Å².